The summed E-state index contributed by atoms with van der Waals surface area (Å²) >= 11 is 7.62. The molecule has 0 saturated carbocycles. The second-order valence-corrected chi connectivity index (χ2v) is 8.36. The van der Waals surface area contributed by atoms with Crippen molar-refractivity contribution in [3.05, 3.63) is 107 Å². The summed E-state index contributed by atoms with van der Waals surface area (Å²) in [5.74, 6) is -0.674. The number of carbonyl (C=O) groups is 1. The molecule has 168 valence electrons. The van der Waals surface area contributed by atoms with Crippen molar-refractivity contribution < 1.29 is 4.79 Å². The zero-order chi connectivity index (χ0) is 23.4. The molecule has 1 aromatic carbocycles. The van der Waals surface area contributed by atoms with E-state index in [-0.39, 0.29) is 30.8 Å². The van der Waals surface area contributed by atoms with E-state index in [9.17, 15) is 19.2 Å². The smallest absolute Gasteiger partial charge is 0.328 e. The van der Waals surface area contributed by atoms with Crippen molar-refractivity contribution in [1.82, 2.24) is 24.6 Å². The molecule has 3 aromatic heterocycles. The van der Waals surface area contributed by atoms with E-state index in [1.165, 1.54) is 22.1 Å². The van der Waals surface area contributed by atoms with E-state index in [0.29, 0.717) is 16.3 Å². The largest absolute Gasteiger partial charge is 0.350 e. The molecule has 0 unspecified atom stereocenters. The molecule has 4 rings (SSSR count). The van der Waals surface area contributed by atoms with Crippen LogP contribution in [-0.4, -0.2) is 31.8 Å². The number of aromatic amines is 1. The zero-order valence-electron chi connectivity index (χ0n) is 17.2. The first-order valence-corrected chi connectivity index (χ1v) is 11.2. The Bertz CT molecular complexity index is 1470. The summed E-state index contributed by atoms with van der Waals surface area (Å²) in [6.45, 7) is 0.0907. The van der Waals surface area contributed by atoms with Gasteiger partial charge in [-0.2, -0.15) is 5.10 Å². The number of nitrogens with one attached hydrogen (secondary N) is 2. The van der Waals surface area contributed by atoms with Crippen molar-refractivity contribution in [3.63, 3.8) is 0 Å². The van der Waals surface area contributed by atoms with Gasteiger partial charge < -0.3 is 10.3 Å². The van der Waals surface area contributed by atoms with Gasteiger partial charge in [0.2, 0.25) is 0 Å². The summed E-state index contributed by atoms with van der Waals surface area (Å²) in [6.07, 6.45) is 1.07. The monoisotopic (exact) mass is 483 g/mol. The molecule has 0 aliphatic rings. The molecular weight excluding hydrogens is 466 g/mol. The molecule has 0 bridgehead atoms. The van der Waals surface area contributed by atoms with Crippen molar-refractivity contribution >= 4 is 28.8 Å². The Kier molecular flexibility index (Phi) is 6.66. The summed E-state index contributed by atoms with van der Waals surface area (Å²) < 4.78 is 2.16. The zero-order valence-corrected chi connectivity index (χ0v) is 18.7. The van der Waals surface area contributed by atoms with E-state index in [4.69, 9.17) is 11.6 Å². The first kappa shape index (κ1) is 22.4. The SMILES string of the molecule is O=C(NCCn1nc(-c2cccs2)ccc1=O)c1c[nH]c(=O)n(Cc2ccccc2Cl)c1=O. The Morgan fingerprint density at radius 3 is 2.67 bits per heavy atom. The van der Waals surface area contributed by atoms with Crippen LogP contribution in [0.4, 0.5) is 0 Å². The fraction of sp³-hybridized carbons (Fsp3) is 0.136. The van der Waals surface area contributed by atoms with Gasteiger partial charge in [0.15, 0.2) is 0 Å². The van der Waals surface area contributed by atoms with Gasteiger partial charge in [0.25, 0.3) is 17.0 Å². The molecule has 1 amide bonds. The number of hydrogen-bond acceptors (Lipinski definition) is 6. The molecular formula is C22H18ClN5O4S. The molecule has 11 heteroatoms. The summed E-state index contributed by atoms with van der Waals surface area (Å²) in [7, 11) is 0. The standard InChI is InChI=1S/C22H18ClN5O4S/c23-16-5-2-1-4-14(16)13-27-21(31)15(12-25-22(27)32)20(30)24-9-10-28-19(29)8-7-17(26-28)18-6-3-11-33-18/h1-8,11-12H,9-10,13H2,(H,24,30)(H,25,32). The summed E-state index contributed by atoms with van der Waals surface area (Å²) in [6, 6.07) is 13.7. The van der Waals surface area contributed by atoms with Crippen LogP contribution in [0.2, 0.25) is 5.02 Å². The normalized spacial score (nSPS) is 10.8. The van der Waals surface area contributed by atoms with Gasteiger partial charge in [-0.05, 0) is 29.1 Å². The molecule has 4 aromatic rings. The molecule has 33 heavy (non-hydrogen) atoms. The van der Waals surface area contributed by atoms with Gasteiger partial charge >= 0.3 is 5.69 Å². The third-order valence-electron chi connectivity index (χ3n) is 4.84. The number of thiophene rings is 1. The van der Waals surface area contributed by atoms with Crippen molar-refractivity contribution in [2.45, 2.75) is 13.1 Å². The highest BCUT2D eigenvalue weighted by atomic mass is 35.5. The molecule has 9 nitrogen and oxygen atoms in total. The summed E-state index contributed by atoms with van der Waals surface area (Å²) in [5, 5.41) is 9.23. The van der Waals surface area contributed by atoms with Gasteiger partial charge in [-0.15, -0.1) is 11.3 Å². The van der Waals surface area contributed by atoms with Gasteiger partial charge in [-0.3, -0.25) is 19.0 Å². The van der Waals surface area contributed by atoms with Gasteiger partial charge in [0.1, 0.15) is 11.3 Å². The first-order chi connectivity index (χ1) is 15.9. The van der Waals surface area contributed by atoms with Crippen LogP contribution >= 0.6 is 22.9 Å². The Balaban J connectivity index is 1.48. The van der Waals surface area contributed by atoms with Gasteiger partial charge in [0, 0.05) is 23.8 Å². The van der Waals surface area contributed by atoms with Gasteiger partial charge in [-0.25, -0.2) is 9.48 Å². The number of rotatable bonds is 7. The van der Waals surface area contributed by atoms with E-state index in [1.54, 1.807) is 30.3 Å². The van der Waals surface area contributed by atoms with Crippen LogP contribution in [0.3, 0.4) is 0 Å². The number of nitrogens with zero attached hydrogens (tertiary/aromatic N) is 3. The quantitative estimate of drug-likeness (QED) is 0.416. The van der Waals surface area contributed by atoms with Crippen molar-refractivity contribution in [2.75, 3.05) is 6.54 Å². The van der Waals surface area contributed by atoms with E-state index in [2.05, 4.69) is 15.4 Å². The fourth-order valence-electron chi connectivity index (χ4n) is 3.15. The number of aromatic nitrogens is 4. The number of benzene rings is 1. The lowest BCUT2D eigenvalue weighted by Crippen LogP contribution is -2.41. The number of H-pyrrole nitrogens is 1. The Morgan fingerprint density at radius 1 is 1.09 bits per heavy atom. The third-order valence-corrected chi connectivity index (χ3v) is 6.10. The average molecular weight is 484 g/mol. The third kappa shape index (κ3) is 5.02. The minimum Gasteiger partial charge on any atom is -0.350 e. The molecule has 0 radical (unpaired) electrons. The number of carbonyl (C=O) groups excluding carboxylic acids is 1. The molecule has 0 atom stereocenters. The molecule has 2 N–H and O–H groups in total. The maximum absolute atomic E-state index is 12.8. The molecule has 0 spiro atoms. The van der Waals surface area contributed by atoms with E-state index >= 15 is 0 Å². The minimum atomic E-state index is -0.744. The van der Waals surface area contributed by atoms with Crippen LogP contribution in [0, 0.1) is 0 Å². The number of amides is 1. The van der Waals surface area contributed by atoms with Crippen LogP contribution in [0.5, 0.6) is 0 Å². The minimum absolute atomic E-state index is 0.0582. The van der Waals surface area contributed by atoms with Crippen LogP contribution < -0.4 is 22.1 Å². The van der Waals surface area contributed by atoms with Crippen LogP contribution in [0.25, 0.3) is 10.6 Å². The molecule has 0 saturated heterocycles. The van der Waals surface area contributed by atoms with E-state index < -0.39 is 17.2 Å². The van der Waals surface area contributed by atoms with Crippen molar-refractivity contribution in [3.8, 4) is 10.6 Å². The highest BCUT2D eigenvalue weighted by Crippen LogP contribution is 2.21. The number of hydrogen-bond donors (Lipinski definition) is 2. The highest BCUT2D eigenvalue weighted by Gasteiger charge is 2.15. The predicted molar refractivity (Wildman–Crippen MR) is 126 cm³/mol. The van der Waals surface area contributed by atoms with Gasteiger partial charge in [0.05, 0.1) is 18.0 Å². The summed E-state index contributed by atoms with van der Waals surface area (Å²) in [4.78, 5) is 53.0. The summed E-state index contributed by atoms with van der Waals surface area (Å²) in [5.41, 5.74) is -0.715. The molecule has 3 heterocycles. The van der Waals surface area contributed by atoms with Crippen LogP contribution in [-0.2, 0) is 13.1 Å². The van der Waals surface area contributed by atoms with Crippen LogP contribution in [0.1, 0.15) is 15.9 Å². The van der Waals surface area contributed by atoms with E-state index in [0.717, 1.165) is 15.6 Å². The Labute approximate surface area is 195 Å². The average Bonchev–Trinajstić information content (AvgIpc) is 3.34. The lowest BCUT2D eigenvalue weighted by Gasteiger charge is -2.10. The number of halogens is 1. The Morgan fingerprint density at radius 2 is 1.91 bits per heavy atom. The molecule has 0 aliphatic heterocycles. The lowest BCUT2D eigenvalue weighted by molar-refractivity contribution is 0.0949. The molecule has 0 aliphatic carbocycles. The topological polar surface area (TPSA) is 119 Å². The maximum Gasteiger partial charge on any atom is 0.328 e. The Hall–Kier alpha value is -3.76. The fourth-order valence-corrected chi connectivity index (χ4v) is 4.04. The second-order valence-electron chi connectivity index (χ2n) is 7.00. The van der Waals surface area contributed by atoms with Crippen LogP contribution in [0.15, 0.2) is 74.5 Å². The maximum atomic E-state index is 12.8. The lowest BCUT2D eigenvalue weighted by atomic mass is 10.2. The highest BCUT2D eigenvalue weighted by molar-refractivity contribution is 7.13. The second kappa shape index (κ2) is 9.80. The van der Waals surface area contributed by atoms with Crippen molar-refractivity contribution in [1.29, 1.82) is 0 Å². The van der Waals surface area contributed by atoms with E-state index in [1.807, 2.05) is 17.5 Å². The van der Waals surface area contributed by atoms with Gasteiger partial charge in [-0.1, -0.05) is 35.9 Å². The first-order valence-electron chi connectivity index (χ1n) is 9.90. The molecule has 0 fully saturated rings. The predicted octanol–water partition coefficient (Wildman–Crippen LogP) is 1.95. The van der Waals surface area contributed by atoms with Crippen molar-refractivity contribution in [2.24, 2.45) is 0 Å².